The Morgan fingerprint density at radius 1 is 1.36 bits per heavy atom. The fraction of sp³-hybridized carbons (Fsp3) is 0.500. The van der Waals surface area contributed by atoms with Crippen molar-refractivity contribution in [1.29, 1.82) is 0 Å². The monoisotopic (exact) mass is 419 g/mol. The predicted octanol–water partition coefficient (Wildman–Crippen LogP) is 4.30. The van der Waals surface area contributed by atoms with Gasteiger partial charge in [0.1, 0.15) is 0 Å². The molecule has 1 saturated carbocycles. The SMILES string of the molecule is Cc1nc(C2CC2)c(NC(=O)/N=[SH](=O)/c2cc(C(C)(C)O)cs2)c2c1CCC2. The van der Waals surface area contributed by atoms with E-state index in [0.717, 1.165) is 49.2 Å². The second-order valence-electron chi connectivity index (χ2n) is 8.08. The number of aryl methyl sites for hydroxylation is 1. The molecule has 6 nitrogen and oxygen atoms in total. The number of aliphatic hydroxyl groups is 1. The average Bonchev–Trinajstić information content (AvgIpc) is 3.12. The highest BCUT2D eigenvalue weighted by atomic mass is 32.2. The molecule has 2 aliphatic rings. The molecule has 1 atom stereocenters. The maximum Gasteiger partial charge on any atom is 0.353 e. The number of urea groups is 1. The molecule has 0 aromatic carbocycles. The van der Waals surface area contributed by atoms with Crippen LogP contribution < -0.4 is 5.32 Å². The van der Waals surface area contributed by atoms with Crippen LogP contribution >= 0.6 is 11.3 Å². The number of hydrogen-bond acceptors (Lipinski definition) is 5. The van der Waals surface area contributed by atoms with E-state index in [2.05, 4.69) is 9.68 Å². The topological polar surface area (TPSA) is 91.7 Å². The van der Waals surface area contributed by atoms with Crippen LogP contribution in [0.3, 0.4) is 0 Å². The quantitative estimate of drug-likeness (QED) is 0.644. The molecule has 0 bridgehead atoms. The highest BCUT2D eigenvalue weighted by Crippen LogP contribution is 2.45. The number of carbonyl (C=O) groups excluding carboxylic acids is 1. The molecule has 2 N–H and O–H groups in total. The lowest BCUT2D eigenvalue weighted by Gasteiger charge is -2.15. The molecule has 8 heteroatoms. The van der Waals surface area contributed by atoms with Crippen molar-refractivity contribution in [3.63, 3.8) is 0 Å². The Kier molecular flexibility index (Phi) is 5.05. The second kappa shape index (κ2) is 7.24. The second-order valence-corrected chi connectivity index (χ2v) is 10.5. The Morgan fingerprint density at radius 3 is 2.71 bits per heavy atom. The normalized spacial score (nSPS) is 17.6. The lowest BCUT2D eigenvalue weighted by molar-refractivity contribution is 0.0789. The van der Waals surface area contributed by atoms with Crippen molar-refractivity contribution < 1.29 is 14.1 Å². The van der Waals surface area contributed by atoms with Gasteiger partial charge in [-0.3, -0.25) is 4.98 Å². The van der Waals surface area contributed by atoms with Gasteiger partial charge in [-0.25, -0.2) is 9.00 Å². The first-order valence-electron chi connectivity index (χ1n) is 9.57. The Hall–Kier alpha value is -1.77. The zero-order valence-electron chi connectivity index (χ0n) is 16.3. The molecule has 0 radical (unpaired) electrons. The van der Waals surface area contributed by atoms with E-state index in [9.17, 15) is 14.1 Å². The number of nitrogens with zero attached hydrogens (tertiary/aromatic N) is 2. The van der Waals surface area contributed by atoms with Gasteiger partial charge < -0.3 is 10.4 Å². The molecular formula is C20H25N3O3S2. The third-order valence-corrected chi connectivity index (χ3v) is 7.74. The first kappa shape index (κ1) is 19.5. The van der Waals surface area contributed by atoms with Gasteiger partial charge in [0.25, 0.3) is 0 Å². The Labute approximate surface area is 170 Å². The molecule has 0 aliphatic heterocycles. The van der Waals surface area contributed by atoms with E-state index >= 15 is 0 Å². The number of rotatable bonds is 4. The summed E-state index contributed by atoms with van der Waals surface area (Å²) in [6, 6.07) is 1.06. The molecule has 150 valence electrons. The third-order valence-electron chi connectivity index (χ3n) is 5.36. The number of amides is 2. The molecule has 1 unspecified atom stereocenters. The number of thiophene rings is 1. The number of nitrogens with one attached hydrogen (secondary N) is 1. The lowest BCUT2D eigenvalue weighted by atomic mass is 10.0. The van der Waals surface area contributed by atoms with Crippen molar-refractivity contribution in [2.24, 2.45) is 4.36 Å². The van der Waals surface area contributed by atoms with Gasteiger partial charge in [-0.15, -0.1) is 15.7 Å². The highest BCUT2D eigenvalue weighted by Gasteiger charge is 2.32. The van der Waals surface area contributed by atoms with E-state index in [1.165, 1.54) is 22.5 Å². The number of thiol groups is 1. The van der Waals surface area contributed by atoms with Crippen molar-refractivity contribution in [3.05, 3.63) is 39.5 Å². The van der Waals surface area contributed by atoms with Crippen LogP contribution in [0.5, 0.6) is 0 Å². The van der Waals surface area contributed by atoms with Crippen LogP contribution in [0.25, 0.3) is 0 Å². The van der Waals surface area contributed by atoms with E-state index in [1.54, 1.807) is 25.3 Å². The van der Waals surface area contributed by atoms with Gasteiger partial charge in [-0.2, -0.15) is 0 Å². The van der Waals surface area contributed by atoms with E-state index < -0.39 is 22.2 Å². The summed E-state index contributed by atoms with van der Waals surface area (Å²) in [5, 5.41) is 14.7. The van der Waals surface area contributed by atoms with E-state index in [4.69, 9.17) is 4.98 Å². The minimum absolute atomic E-state index is 0.403. The Morgan fingerprint density at radius 2 is 2.07 bits per heavy atom. The summed E-state index contributed by atoms with van der Waals surface area (Å²) in [6.07, 6.45) is 5.17. The van der Waals surface area contributed by atoms with Crippen LogP contribution in [0.2, 0.25) is 0 Å². The standard InChI is InChI=1S/C20H25N3O3S2/c1-11-14-5-4-6-15(14)18(17(21-11)12-7-8-12)22-19(24)23-28(26)16-9-13(10-27-16)20(2,3)25/h9-10,12,25,28H,4-8H2,1-3H3,(H,22,24). The van der Waals surface area contributed by atoms with Crippen molar-refractivity contribution in [3.8, 4) is 0 Å². The number of anilines is 1. The highest BCUT2D eigenvalue weighted by molar-refractivity contribution is 7.78. The number of pyridine rings is 1. The summed E-state index contributed by atoms with van der Waals surface area (Å²) in [5.74, 6) is 0.403. The Bertz CT molecular complexity index is 1030. The molecule has 0 spiro atoms. The number of aromatic nitrogens is 1. The summed E-state index contributed by atoms with van der Waals surface area (Å²) >= 11 is 1.24. The molecule has 2 aromatic heterocycles. The van der Waals surface area contributed by atoms with Crippen molar-refractivity contribution in [2.75, 3.05) is 5.32 Å². The van der Waals surface area contributed by atoms with E-state index in [-0.39, 0.29) is 0 Å². The van der Waals surface area contributed by atoms with Crippen LogP contribution in [-0.4, -0.2) is 20.3 Å². The van der Waals surface area contributed by atoms with Gasteiger partial charge in [0.15, 0.2) is 0 Å². The molecule has 2 amide bonds. The van der Waals surface area contributed by atoms with Gasteiger partial charge in [0, 0.05) is 11.6 Å². The van der Waals surface area contributed by atoms with E-state index in [0.29, 0.717) is 15.7 Å². The summed E-state index contributed by atoms with van der Waals surface area (Å²) in [6.45, 7) is 5.38. The maximum atomic E-state index is 12.5. The minimum Gasteiger partial charge on any atom is -0.386 e. The fourth-order valence-electron chi connectivity index (χ4n) is 3.68. The average molecular weight is 420 g/mol. The molecule has 2 aromatic rings. The third kappa shape index (κ3) is 3.86. The van der Waals surface area contributed by atoms with Crippen LogP contribution in [-0.2, 0) is 29.0 Å². The summed E-state index contributed by atoms with van der Waals surface area (Å²) < 4.78 is 16.9. The summed E-state index contributed by atoms with van der Waals surface area (Å²) in [7, 11) is -2.21. The minimum atomic E-state index is -2.21. The summed E-state index contributed by atoms with van der Waals surface area (Å²) in [5.41, 5.74) is 4.88. The number of carbonyl (C=O) groups is 1. The molecule has 1 fully saturated rings. The smallest absolute Gasteiger partial charge is 0.353 e. The lowest BCUT2D eigenvalue weighted by Crippen LogP contribution is -2.14. The van der Waals surface area contributed by atoms with Crippen molar-refractivity contribution in [2.45, 2.75) is 68.6 Å². The van der Waals surface area contributed by atoms with Gasteiger partial charge in [0.05, 0.1) is 31.8 Å². The molecule has 4 rings (SSSR count). The van der Waals surface area contributed by atoms with Gasteiger partial charge in [0.2, 0.25) is 0 Å². The van der Waals surface area contributed by atoms with Crippen molar-refractivity contribution >= 4 is 33.7 Å². The van der Waals surface area contributed by atoms with Gasteiger partial charge in [-0.1, -0.05) is 0 Å². The number of hydrogen-bond donors (Lipinski definition) is 3. The van der Waals surface area contributed by atoms with Gasteiger partial charge >= 0.3 is 6.03 Å². The fourth-order valence-corrected chi connectivity index (χ4v) is 5.68. The van der Waals surface area contributed by atoms with Crippen LogP contribution in [0.4, 0.5) is 10.5 Å². The molecular weight excluding hydrogens is 394 g/mol. The van der Waals surface area contributed by atoms with E-state index in [1.807, 2.05) is 6.92 Å². The number of fused-ring (bicyclic) bond motifs is 1. The molecule has 28 heavy (non-hydrogen) atoms. The zero-order valence-corrected chi connectivity index (χ0v) is 18.0. The molecule has 2 aliphatic carbocycles. The largest absolute Gasteiger partial charge is 0.386 e. The summed E-state index contributed by atoms with van der Waals surface area (Å²) in [4.78, 5) is 17.3. The van der Waals surface area contributed by atoms with Gasteiger partial charge in [-0.05, 0) is 81.0 Å². The molecule has 2 heterocycles. The Balaban J connectivity index is 1.61. The first-order chi connectivity index (χ1) is 13.2. The van der Waals surface area contributed by atoms with Crippen LogP contribution in [0, 0.1) is 6.92 Å². The first-order valence-corrected chi connectivity index (χ1v) is 11.7. The predicted molar refractivity (Wildman–Crippen MR) is 112 cm³/mol. The maximum absolute atomic E-state index is 12.5. The zero-order chi connectivity index (χ0) is 20.1. The molecule has 0 saturated heterocycles. The van der Waals surface area contributed by atoms with Crippen LogP contribution in [0.15, 0.2) is 20.0 Å². The van der Waals surface area contributed by atoms with Crippen LogP contribution in [0.1, 0.15) is 67.1 Å². The van der Waals surface area contributed by atoms with Crippen molar-refractivity contribution in [1.82, 2.24) is 4.98 Å².